The van der Waals surface area contributed by atoms with E-state index in [1.807, 2.05) is 6.92 Å². The first-order chi connectivity index (χ1) is 4.75. The highest BCUT2D eigenvalue weighted by molar-refractivity contribution is 5.93. The fourth-order valence-corrected chi connectivity index (χ4v) is 0.701. The van der Waals surface area contributed by atoms with E-state index in [1.165, 1.54) is 0 Å². The topological polar surface area (TPSA) is 57.8 Å². The van der Waals surface area contributed by atoms with Gasteiger partial charge in [-0.3, -0.25) is 9.89 Å². The molecule has 0 aliphatic rings. The van der Waals surface area contributed by atoms with Crippen LogP contribution in [0.3, 0.4) is 0 Å². The third-order valence-electron chi connectivity index (χ3n) is 1.28. The molecule has 0 fully saturated rings. The Labute approximate surface area is 58.6 Å². The Hall–Kier alpha value is -1.32. The third kappa shape index (κ3) is 1.00. The maximum Gasteiger partial charge on any atom is 0.269 e. The van der Waals surface area contributed by atoms with Crippen LogP contribution in [0.2, 0.25) is 0 Å². The van der Waals surface area contributed by atoms with Gasteiger partial charge in [0.05, 0.1) is 6.20 Å². The Morgan fingerprint density at radius 3 is 2.90 bits per heavy atom. The largest absolute Gasteiger partial charge is 0.354 e. The van der Waals surface area contributed by atoms with E-state index in [0.717, 1.165) is 5.56 Å². The van der Waals surface area contributed by atoms with Gasteiger partial charge in [-0.25, -0.2) is 0 Å². The molecule has 0 spiro atoms. The normalized spacial score (nSPS) is 9.40. The average molecular weight is 139 g/mol. The minimum absolute atomic E-state index is 0.130. The van der Waals surface area contributed by atoms with Crippen molar-refractivity contribution in [3.63, 3.8) is 0 Å². The number of carbonyl (C=O) groups excluding carboxylic acids is 1. The molecule has 1 rings (SSSR count). The molecule has 0 aliphatic heterocycles. The molecule has 0 bridgehead atoms. The lowest BCUT2D eigenvalue weighted by Crippen LogP contribution is -2.19. The summed E-state index contributed by atoms with van der Waals surface area (Å²) in [7, 11) is 1.59. The fraction of sp³-hybridized carbons (Fsp3) is 0.333. The van der Waals surface area contributed by atoms with E-state index in [-0.39, 0.29) is 5.91 Å². The average Bonchev–Trinajstić information content (AvgIpc) is 2.34. The molecule has 0 radical (unpaired) electrons. The van der Waals surface area contributed by atoms with Crippen LogP contribution in [0.5, 0.6) is 0 Å². The second-order valence-electron chi connectivity index (χ2n) is 2.01. The lowest BCUT2D eigenvalue weighted by Gasteiger charge is -1.94. The number of amides is 1. The van der Waals surface area contributed by atoms with E-state index in [1.54, 1.807) is 13.2 Å². The van der Waals surface area contributed by atoms with Crippen LogP contribution in [-0.2, 0) is 0 Å². The monoisotopic (exact) mass is 139 g/mol. The van der Waals surface area contributed by atoms with Gasteiger partial charge in [0, 0.05) is 7.05 Å². The number of aromatic nitrogens is 2. The number of aryl methyl sites for hydroxylation is 1. The summed E-state index contributed by atoms with van der Waals surface area (Å²) in [5.74, 6) is -0.130. The van der Waals surface area contributed by atoms with Crippen molar-refractivity contribution in [2.24, 2.45) is 0 Å². The standard InChI is InChI=1S/C6H9N3O/c1-4-3-8-9-5(4)6(10)7-2/h3H,1-2H3,(H,7,10)(H,8,9). The SMILES string of the molecule is CNC(=O)c1[nH]ncc1C. The second-order valence-corrected chi connectivity index (χ2v) is 2.01. The van der Waals surface area contributed by atoms with Crippen LogP contribution < -0.4 is 5.32 Å². The first kappa shape index (κ1) is 6.80. The molecule has 4 nitrogen and oxygen atoms in total. The van der Waals surface area contributed by atoms with E-state index in [0.29, 0.717) is 5.69 Å². The Bertz CT molecular complexity index is 241. The van der Waals surface area contributed by atoms with Crippen LogP contribution in [0, 0.1) is 6.92 Å². The van der Waals surface area contributed by atoms with E-state index < -0.39 is 0 Å². The fourth-order valence-electron chi connectivity index (χ4n) is 0.701. The van der Waals surface area contributed by atoms with Gasteiger partial charge in [-0.05, 0) is 12.5 Å². The maximum atomic E-state index is 10.9. The molecule has 0 atom stereocenters. The molecule has 0 aromatic carbocycles. The van der Waals surface area contributed by atoms with Crippen LogP contribution in [-0.4, -0.2) is 23.2 Å². The highest BCUT2D eigenvalue weighted by atomic mass is 16.1. The van der Waals surface area contributed by atoms with Gasteiger partial charge in [-0.15, -0.1) is 0 Å². The zero-order chi connectivity index (χ0) is 7.56. The van der Waals surface area contributed by atoms with Crippen molar-refractivity contribution in [2.45, 2.75) is 6.92 Å². The van der Waals surface area contributed by atoms with Crippen LogP contribution in [0.25, 0.3) is 0 Å². The molecular weight excluding hydrogens is 130 g/mol. The number of hydrogen-bond acceptors (Lipinski definition) is 2. The molecule has 0 saturated carbocycles. The highest BCUT2D eigenvalue weighted by Crippen LogP contribution is 1.99. The van der Waals surface area contributed by atoms with Crippen molar-refractivity contribution in [1.29, 1.82) is 0 Å². The van der Waals surface area contributed by atoms with Gasteiger partial charge in [0.25, 0.3) is 5.91 Å². The van der Waals surface area contributed by atoms with E-state index in [2.05, 4.69) is 15.5 Å². The number of nitrogens with zero attached hydrogens (tertiary/aromatic N) is 1. The predicted octanol–water partition coefficient (Wildman–Crippen LogP) is 0.0777. The second kappa shape index (κ2) is 2.51. The summed E-state index contributed by atoms with van der Waals surface area (Å²) >= 11 is 0. The number of carbonyl (C=O) groups is 1. The van der Waals surface area contributed by atoms with Crippen LogP contribution in [0.4, 0.5) is 0 Å². The van der Waals surface area contributed by atoms with Crippen molar-refractivity contribution in [3.05, 3.63) is 17.5 Å². The number of rotatable bonds is 1. The Balaban J connectivity index is 2.93. The molecule has 1 aromatic heterocycles. The first-order valence-corrected chi connectivity index (χ1v) is 2.97. The summed E-state index contributed by atoms with van der Waals surface area (Å²) in [5.41, 5.74) is 1.39. The predicted molar refractivity (Wildman–Crippen MR) is 36.7 cm³/mol. The van der Waals surface area contributed by atoms with Crippen molar-refractivity contribution in [2.75, 3.05) is 7.05 Å². The van der Waals surface area contributed by atoms with Gasteiger partial charge in [0.1, 0.15) is 5.69 Å². The first-order valence-electron chi connectivity index (χ1n) is 2.97. The Morgan fingerprint density at radius 1 is 1.80 bits per heavy atom. The minimum atomic E-state index is -0.130. The van der Waals surface area contributed by atoms with Crippen molar-refractivity contribution in [3.8, 4) is 0 Å². The van der Waals surface area contributed by atoms with Gasteiger partial charge in [-0.2, -0.15) is 5.10 Å². The summed E-state index contributed by atoms with van der Waals surface area (Å²) in [4.78, 5) is 10.9. The summed E-state index contributed by atoms with van der Waals surface area (Å²) in [6.07, 6.45) is 1.62. The van der Waals surface area contributed by atoms with Crippen molar-refractivity contribution < 1.29 is 4.79 Å². The van der Waals surface area contributed by atoms with Gasteiger partial charge >= 0.3 is 0 Å². The third-order valence-corrected chi connectivity index (χ3v) is 1.28. The molecule has 54 valence electrons. The number of nitrogens with one attached hydrogen (secondary N) is 2. The Morgan fingerprint density at radius 2 is 2.50 bits per heavy atom. The highest BCUT2D eigenvalue weighted by Gasteiger charge is 2.06. The molecule has 1 aromatic rings. The van der Waals surface area contributed by atoms with E-state index in [4.69, 9.17) is 0 Å². The molecular formula is C6H9N3O. The number of hydrogen-bond donors (Lipinski definition) is 2. The van der Waals surface area contributed by atoms with Crippen molar-refractivity contribution >= 4 is 5.91 Å². The van der Waals surface area contributed by atoms with Crippen LogP contribution >= 0.6 is 0 Å². The zero-order valence-corrected chi connectivity index (χ0v) is 5.93. The Kier molecular flexibility index (Phi) is 1.71. The molecule has 0 saturated heterocycles. The molecule has 4 heteroatoms. The quantitative estimate of drug-likeness (QED) is 0.578. The van der Waals surface area contributed by atoms with Crippen LogP contribution in [0.15, 0.2) is 6.20 Å². The summed E-state index contributed by atoms with van der Waals surface area (Å²) in [6, 6.07) is 0. The molecule has 0 unspecified atom stereocenters. The maximum absolute atomic E-state index is 10.9. The molecule has 2 N–H and O–H groups in total. The zero-order valence-electron chi connectivity index (χ0n) is 5.93. The number of H-pyrrole nitrogens is 1. The van der Waals surface area contributed by atoms with Gasteiger partial charge < -0.3 is 5.32 Å². The summed E-state index contributed by atoms with van der Waals surface area (Å²) < 4.78 is 0. The summed E-state index contributed by atoms with van der Waals surface area (Å²) in [5, 5.41) is 8.80. The van der Waals surface area contributed by atoms with Gasteiger partial charge in [0.15, 0.2) is 0 Å². The lowest BCUT2D eigenvalue weighted by molar-refractivity contribution is 0.0957. The van der Waals surface area contributed by atoms with Gasteiger partial charge in [-0.1, -0.05) is 0 Å². The molecule has 0 aliphatic carbocycles. The van der Waals surface area contributed by atoms with Gasteiger partial charge in [0.2, 0.25) is 0 Å². The molecule has 1 amide bonds. The lowest BCUT2D eigenvalue weighted by atomic mass is 10.3. The molecule has 1 heterocycles. The molecule has 10 heavy (non-hydrogen) atoms. The van der Waals surface area contributed by atoms with Crippen LogP contribution in [0.1, 0.15) is 16.1 Å². The minimum Gasteiger partial charge on any atom is -0.354 e. The number of aromatic amines is 1. The van der Waals surface area contributed by atoms with E-state index in [9.17, 15) is 4.79 Å². The van der Waals surface area contributed by atoms with E-state index >= 15 is 0 Å². The van der Waals surface area contributed by atoms with Crippen molar-refractivity contribution in [1.82, 2.24) is 15.5 Å². The summed E-state index contributed by atoms with van der Waals surface area (Å²) in [6.45, 7) is 1.83. The smallest absolute Gasteiger partial charge is 0.269 e.